The van der Waals surface area contributed by atoms with Gasteiger partial charge in [0, 0.05) is 13.1 Å². The van der Waals surface area contributed by atoms with Crippen LogP contribution < -0.4 is 0 Å². The van der Waals surface area contributed by atoms with Crippen molar-refractivity contribution in [3.8, 4) is 0 Å². The molecular formula is C17H22N4O2. The molecule has 122 valence electrons. The molecule has 6 heteroatoms. The number of carbonyl (C=O) groups excluding carboxylic acids is 1. The van der Waals surface area contributed by atoms with E-state index in [0.717, 1.165) is 12.8 Å². The molecule has 6 nitrogen and oxygen atoms in total. The van der Waals surface area contributed by atoms with E-state index >= 15 is 0 Å². The van der Waals surface area contributed by atoms with Crippen molar-refractivity contribution in [2.24, 2.45) is 0 Å². The Morgan fingerprint density at radius 2 is 2.22 bits per heavy atom. The van der Waals surface area contributed by atoms with Crippen LogP contribution >= 0.6 is 0 Å². The van der Waals surface area contributed by atoms with Gasteiger partial charge >= 0.3 is 0 Å². The van der Waals surface area contributed by atoms with Crippen LogP contribution in [0.15, 0.2) is 43.0 Å². The van der Waals surface area contributed by atoms with Crippen LogP contribution in [0.5, 0.6) is 0 Å². The Balaban J connectivity index is 1.54. The monoisotopic (exact) mass is 314 g/mol. The fraction of sp³-hybridized carbons (Fsp3) is 0.471. The minimum Gasteiger partial charge on any atom is -0.375 e. The zero-order valence-electron chi connectivity index (χ0n) is 13.3. The Bertz CT molecular complexity index is 615. The number of aryl methyl sites for hydroxylation is 1. The van der Waals surface area contributed by atoms with Gasteiger partial charge in [0.1, 0.15) is 18.7 Å². The predicted octanol–water partition coefficient (Wildman–Crippen LogP) is 1.70. The molecule has 1 aliphatic heterocycles. The summed E-state index contributed by atoms with van der Waals surface area (Å²) in [7, 11) is 0. The van der Waals surface area contributed by atoms with Crippen molar-refractivity contribution in [1.82, 2.24) is 19.7 Å². The molecule has 1 aliphatic rings. The van der Waals surface area contributed by atoms with Gasteiger partial charge < -0.3 is 9.64 Å². The molecule has 0 spiro atoms. The molecule has 1 fully saturated rings. The number of ether oxygens (including phenoxy) is 1. The van der Waals surface area contributed by atoms with E-state index in [9.17, 15) is 4.79 Å². The van der Waals surface area contributed by atoms with Crippen LogP contribution in [0.25, 0.3) is 0 Å². The van der Waals surface area contributed by atoms with Crippen molar-refractivity contribution >= 4 is 5.91 Å². The lowest BCUT2D eigenvalue weighted by Crippen LogP contribution is -2.47. The molecule has 2 atom stereocenters. The summed E-state index contributed by atoms with van der Waals surface area (Å²) < 4.78 is 7.42. The molecule has 1 aromatic heterocycles. The molecule has 0 aliphatic carbocycles. The summed E-state index contributed by atoms with van der Waals surface area (Å²) in [5.41, 5.74) is 1.30. The number of rotatable bonds is 5. The maximum absolute atomic E-state index is 12.6. The third-order valence-electron chi connectivity index (χ3n) is 4.24. The Morgan fingerprint density at radius 3 is 2.96 bits per heavy atom. The van der Waals surface area contributed by atoms with Crippen LogP contribution in [-0.4, -0.2) is 51.4 Å². The molecule has 23 heavy (non-hydrogen) atoms. The van der Waals surface area contributed by atoms with E-state index in [0.29, 0.717) is 19.7 Å². The van der Waals surface area contributed by atoms with Crippen LogP contribution in [0.1, 0.15) is 24.9 Å². The Morgan fingerprint density at radius 1 is 1.39 bits per heavy atom. The number of nitrogens with zero attached hydrogens (tertiary/aromatic N) is 4. The zero-order chi connectivity index (χ0) is 16.1. The van der Waals surface area contributed by atoms with Crippen molar-refractivity contribution in [3.05, 3.63) is 48.5 Å². The maximum Gasteiger partial charge on any atom is 0.247 e. The number of benzene rings is 1. The highest BCUT2D eigenvalue weighted by Crippen LogP contribution is 2.16. The summed E-state index contributed by atoms with van der Waals surface area (Å²) in [6, 6.07) is 10.0. The standard InChI is InChI=1S/C17H22N4O2/c1-14(21-13-18-12-19-21)17(22)20-9-10-23-16(11-20)8-7-15-5-3-2-4-6-15/h2-6,12-14,16H,7-11H2,1H3/t14-,16-/m0/s1. The molecule has 0 bridgehead atoms. The van der Waals surface area contributed by atoms with Crippen molar-refractivity contribution in [1.29, 1.82) is 0 Å². The zero-order valence-corrected chi connectivity index (χ0v) is 13.3. The SMILES string of the molecule is C[C@@H](C(=O)N1CCO[C@@H](CCc2ccccc2)C1)n1cncn1. The molecule has 0 radical (unpaired) electrons. The van der Waals surface area contributed by atoms with E-state index in [1.807, 2.05) is 30.0 Å². The molecule has 0 saturated carbocycles. The van der Waals surface area contributed by atoms with Gasteiger partial charge in [-0.1, -0.05) is 30.3 Å². The Labute approximate surface area is 136 Å². The number of hydrogen-bond donors (Lipinski definition) is 0. The molecule has 1 aromatic carbocycles. The minimum absolute atomic E-state index is 0.0727. The van der Waals surface area contributed by atoms with Gasteiger partial charge in [-0.05, 0) is 25.3 Å². The van der Waals surface area contributed by atoms with Gasteiger partial charge in [-0.25, -0.2) is 9.67 Å². The highest BCUT2D eigenvalue weighted by molar-refractivity contribution is 5.80. The topological polar surface area (TPSA) is 60.2 Å². The summed E-state index contributed by atoms with van der Waals surface area (Å²) in [6.07, 6.45) is 5.01. The number of amides is 1. The summed E-state index contributed by atoms with van der Waals surface area (Å²) in [6.45, 7) is 3.73. The minimum atomic E-state index is -0.328. The molecule has 2 heterocycles. The van der Waals surface area contributed by atoms with E-state index in [1.165, 1.54) is 11.9 Å². The summed E-state index contributed by atoms with van der Waals surface area (Å²) in [4.78, 5) is 18.4. The normalized spacial score (nSPS) is 19.5. The highest BCUT2D eigenvalue weighted by atomic mass is 16.5. The lowest BCUT2D eigenvalue weighted by Gasteiger charge is -2.34. The average Bonchev–Trinajstić information content (AvgIpc) is 3.14. The second kappa shape index (κ2) is 7.37. The number of hydrogen-bond acceptors (Lipinski definition) is 4. The first-order valence-corrected chi connectivity index (χ1v) is 8.02. The molecular weight excluding hydrogens is 292 g/mol. The smallest absolute Gasteiger partial charge is 0.247 e. The summed E-state index contributed by atoms with van der Waals surface area (Å²) in [5.74, 6) is 0.0727. The third-order valence-corrected chi connectivity index (χ3v) is 4.24. The van der Waals surface area contributed by atoms with Crippen molar-refractivity contribution in [2.45, 2.75) is 31.9 Å². The lowest BCUT2D eigenvalue weighted by atomic mass is 10.1. The first kappa shape index (κ1) is 15.7. The molecule has 2 aromatic rings. The van der Waals surface area contributed by atoms with Crippen LogP contribution in [0.2, 0.25) is 0 Å². The van der Waals surface area contributed by atoms with Crippen LogP contribution in [0, 0.1) is 0 Å². The fourth-order valence-corrected chi connectivity index (χ4v) is 2.86. The average molecular weight is 314 g/mol. The van der Waals surface area contributed by atoms with Crippen LogP contribution in [0.3, 0.4) is 0 Å². The molecule has 0 N–H and O–H groups in total. The maximum atomic E-state index is 12.6. The van der Waals surface area contributed by atoms with Crippen molar-refractivity contribution in [2.75, 3.05) is 19.7 Å². The highest BCUT2D eigenvalue weighted by Gasteiger charge is 2.28. The van der Waals surface area contributed by atoms with Gasteiger partial charge in [0.25, 0.3) is 0 Å². The third kappa shape index (κ3) is 3.96. The number of morpholine rings is 1. The fourth-order valence-electron chi connectivity index (χ4n) is 2.86. The van der Waals surface area contributed by atoms with Crippen molar-refractivity contribution < 1.29 is 9.53 Å². The number of carbonyl (C=O) groups is 1. The second-order valence-electron chi connectivity index (χ2n) is 5.85. The second-order valence-corrected chi connectivity index (χ2v) is 5.85. The predicted molar refractivity (Wildman–Crippen MR) is 85.8 cm³/mol. The Hall–Kier alpha value is -2.21. The largest absolute Gasteiger partial charge is 0.375 e. The summed E-state index contributed by atoms with van der Waals surface area (Å²) in [5, 5.41) is 4.05. The van der Waals surface area contributed by atoms with E-state index in [1.54, 1.807) is 11.0 Å². The quantitative estimate of drug-likeness (QED) is 0.843. The molecule has 1 saturated heterocycles. The van der Waals surface area contributed by atoms with E-state index in [2.05, 4.69) is 22.2 Å². The van der Waals surface area contributed by atoms with Crippen molar-refractivity contribution in [3.63, 3.8) is 0 Å². The molecule has 3 rings (SSSR count). The van der Waals surface area contributed by atoms with Gasteiger partial charge in [-0.15, -0.1) is 0 Å². The van der Waals surface area contributed by atoms with Gasteiger partial charge in [0.2, 0.25) is 5.91 Å². The molecule has 0 unspecified atom stereocenters. The van der Waals surface area contributed by atoms with Gasteiger partial charge in [0.15, 0.2) is 0 Å². The van der Waals surface area contributed by atoms with Crippen LogP contribution in [0.4, 0.5) is 0 Å². The first-order valence-electron chi connectivity index (χ1n) is 8.02. The van der Waals surface area contributed by atoms with E-state index in [-0.39, 0.29) is 18.1 Å². The first-order chi connectivity index (χ1) is 11.2. The van der Waals surface area contributed by atoms with Crippen LogP contribution in [-0.2, 0) is 16.0 Å². The number of aromatic nitrogens is 3. The van der Waals surface area contributed by atoms with Gasteiger partial charge in [-0.2, -0.15) is 5.10 Å². The molecule has 1 amide bonds. The van der Waals surface area contributed by atoms with Gasteiger partial charge in [0.05, 0.1) is 12.7 Å². The van der Waals surface area contributed by atoms with E-state index < -0.39 is 0 Å². The lowest BCUT2D eigenvalue weighted by molar-refractivity contribution is -0.142. The summed E-state index contributed by atoms with van der Waals surface area (Å²) >= 11 is 0. The Kier molecular flexibility index (Phi) is 5.02. The van der Waals surface area contributed by atoms with E-state index in [4.69, 9.17) is 4.74 Å². The van der Waals surface area contributed by atoms with Gasteiger partial charge in [-0.3, -0.25) is 4.79 Å².